The van der Waals surface area contributed by atoms with Gasteiger partial charge < -0.3 is 10.8 Å². The van der Waals surface area contributed by atoms with Gasteiger partial charge in [-0.3, -0.25) is 10.2 Å². The maximum atomic E-state index is 10.8. The molecule has 0 saturated heterocycles. The van der Waals surface area contributed by atoms with Gasteiger partial charge in [-0.05, 0) is 23.3 Å². The van der Waals surface area contributed by atoms with Crippen LogP contribution in [-0.2, 0) is 6.54 Å². The van der Waals surface area contributed by atoms with Crippen LogP contribution in [0.25, 0.3) is 0 Å². The molecule has 1 heterocycles. The van der Waals surface area contributed by atoms with Crippen molar-refractivity contribution in [2.45, 2.75) is 12.6 Å². The molecule has 0 saturated carbocycles. The van der Waals surface area contributed by atoms with Crippen LogP contribution in [0.2, 0.25) is 0 Å². The third-order valence-electron chi connectivity index (χ3n) is 2.87. The van der Waals surface area contributed by atoms with Crippen molar-refractivity contribution in [3.8, 4) is 11.8 Å². The van der Waals surface area contributed by atoms with E-state index in [2.05, 4.69) is 16.8 Å². The number of hydroxylamine groups is 2. The van der Waals surface area contributed by atoms with Crippen molar-refractivity contribution in [2.24, 2.45) is 5.73 Å². The summed E-state index contributed by atoms with van der Waals surface area (Å²) in [5.41, 5.74) is 6.84. The van der Waals surface area contributed by atoms with Crippen LogP contribution in [0.4, 0.5) is 4.79 Å². The number of amides is 2. The van der Waals surface area contributed by atoms with Crippen LogP contribution in [0.5, 0.6) is 0 Å². The van der Waals surface area contributed by atoms with E-state index in [1.807, 2.05) is 0 Å². The number of primary amides is 1. The van der Waals surface area contributed by atoms with E-state index in [9.17, 15) is 15.1 Å². The fourth-order valence-electron chi connectivity index (χ4n) is 1.78. The Labute approximate surface area is 127 Å². The number of aromatic nitrogens is 1. The van der Waals surface area contributed by atoms with Crippen molar-refractivity contribution in [1.29, 1.82) is 0 Å². The average Bonchev–Trinajstić information content (AvgIpc) is 2.53. The third-order valence-corrected chi connectivity index (χ3v) is 2.87. The van der Waals surface area contributed by atoms with E-state index in [-0.39, 0.29) is 6.54 Å². The molecule has 2 aromatic rings. The summed E-state index contributed by atoms with van der Waals surface area (Å²) in [6, 6.07) is 9.37. The minimum atomic E-state index is -0.985. The van der Waals surface area contributed by atoms with Crippen molar-refractivity contribution >= 4 is 6.03 Å². The van der Waals surface area contributed by atoms with Crippen molar-refractivity contribution in [3.63, 3.8) is 0 Å². The molecule has 1 aromatic heterocycles. The van der Waals surface area contributed by atoms with Crippen LogP contribution < -0.4 is 5.73 Å². The summed E-state index contributed by atoms with van der Waals surface area (Å²) in [7, 11) is 0. The average molecular weight is 297 g/mol. The van der Waals surface area contributed by atoms with Gasteiger partial charge in [0.1, 0.15) is 6.10 Å². The first-order chi connectivity index (χ1) is 10.6. The van der Waals surface area contributed by atoms with Gasteiger partial charge in [-0.1, -0.05) is 36.1 Å². The second-order valence-corrected chi connectivity index (χ2v) is 4.55. The van der Waals surface area contributed by atoms with Crippen molar-refractivity contribution in [1.82, 2.24) is 10.0 Å². The molecule has 6 heteroatoms. The second kappa shape index (κ2) is 7.22. The number of aliphatic hydroxyl groups excluding tert-OH is 1. The zero-order chi connectivity index (χ0) is 15.9. The quantitative estimate of drug-likeness (QED) is 0.453. The van der Waals surface area contributed by atoms with E-state index in [0.717, 1.165) is 0 Å². The Bertz CT molecular complexity index is 707. The first kappa shape index (κ1) is 15.5. The summed E-state index contributed by atoms with van der Waals surface area (Å²) >= 11 is 0. The van der Waals surface area contributed by atoms with Crippen LogP contribution in [0.3, 0.4) is 0 Å². The van der Waals surface area contributed by atoms with Gasteiger partial charge in [0, 0.05) is 18.0 Å². The molecule has 1 atom stereocenters. The number of carbonyl (C=O) groups excluding carboxylic acids is 1. The van der Waals surface area contributed by atoms with Gasteiger partial charge in [-0.2, -0.15) is 0 Å². The minimum Gasteiger partial charge on any atom is -0.376 e. The van der Waals surface area contributed by atoms with Gasteiger partial charge in [0.15, 0.2) is 0 Å². The number of benzene rings is 1. The van der Waals surface area contributed by atoms with Crippen LogP contribution in [0.1, 0.15) is 22.8 Å². The SMILES string of the molecule is NC(=O)N(O)Cc1cccc(C(O)C#Cc2cccnc2)c1. The predicted molar refractivity (Wildman–Crippen MR) is 79.4 cm³/mol. The number of hydrogen-bond acceptors (Lipinski definition) is 4. The Morgan fingerprint density at radius 2 is 2.18 bits per heavy atom. The smallest absolute Gasteiger partial charge is 0.338 e. The highest BCUT2D eigenvalue weighted by Gasteiger charge is 2.09. The van der Waals surface area contributed by atoms with Crippen molar-refractivity contribution < 1.29 is 15.1 Å². The van der Waals surface area contributed by atoms with Gasteiger partial charge >= 0.3 is 6.03 Å². The minimum absolute atomic E-state index is 0.0636. The molecule has 22 heavy (non-hydrogen) atoms. The first-order valence-electron chi connectivity index (χ1n) is 6.50. The third kappa shape index (κ3) is 4.31. The van der Waals surface area contributed by atoms with Gasteiger partial charge in [0.25, 0.3) is 0 Å². The van der Waals surface area contributed by atoms with Crippen LogP contribution in [0, 0.1) is 11.8 Å². The molecule has 0 spiro atoms. The van der Waals surface area contributed by atoms with Crippen molar-refractivity contribution in [3.05, 3.63) is 65.5 Å². The molecule has 0 aliphatic carbocycles. The molecule has 4 N–H and O–H groups in total. The van der Waals surface area contributed by atoms with Gasteiger partial charge in [-0.25, -0.2) is 9.86 Å². The van der Waals surface area contributed by atoms with Crippen LogP contribution in [-0.4, -0.2) is 26.4 Å². The molecular formula is C16H15N3O3. The van der Waals surface area contributed by atoms with Gasteiger partial charge in [-0.15, -0.1) is 0 Å². The summed E-state index contributed by atoms with van der Waals surface area (Å²) < 4.78 is 0. The lowest BCUT2D eigenvalue weighted by Gasteiger charge is -2.13. The number of aliphatic hydroxyl groups is 1. The highest BCUT2D eigenvalue weighted by molar-refractivity contribution is 5.70. The normalized spacial score (nSPS) is 11.2. The predicted octanol–water partition coefficient (Wildman–Crippen LogP) is 1.44. The van der Waals surface area contributed by atoms with E-state index in [0.29, 0.717) is 21.8 Å². The fourth-order valence-corrected chi connectivity index (χ4v) is 1.78. The topological polar surface area (TPSA) is 99.7 Å². The Morgan fingerprint density at radius 3 is 2.86 bits per heavy atom. The molecule has 1 aromatic carbocycles. The van der Waals surface area contributed by atoms with E-state index in [4.69, 9.17) is 5.73 Å². The zero-order valence-corrected chi connectivity index (χ0v) is 11.7. The molecule has 6 nitrogen and oxygen atoms in total. The van der Waals surface area contributed by atoms with Crippen LogP contribution in [0.15, 0.2) is 48.8 Å². The maximum absolute atomic E-state index is 10.8. The molecule has 0 aliphatic heterocycles. The number of hydrogen-bond donors (Lipinski definition) is 3. The number of carbonyl (C=O) groups is 1. The lowest BCUT2D eigenvalue weighted by molar-refractivity contribution is -0.0470. The second-order valence-electron chi connectivity index (χ2n) is 4.55. The molecule has 0 aliphatic rings. The Morgan fingerprint density at radius 1 is 1.36 bits per heavy atom. The highest BCUT2D eigenvalue weighted by atomic mass is 16.5. The van der Waals surface area contributed by atoms with Crippen molar-refractivity contribution in [2.75, 3.05) is 0 Å². The molecular weight excluding hydrogens is 282 g/mol. The van der Waals surface area contributed by atoms with E-state index < -0.39 is 12.1 Å². The number of pyridine rings is 1. The molecule has 0 radical (unpaired) electrons. The molecule has 2 amide bonds. The van der Waals surface area contributed by atoms with E-state index >= 15 is 0 Å². The lowest BCUT2D eigenvalue weighted by atomic mass is 10.1. The summed E-state index contributed by atoms with van der Waals surface area (Å²) in [6.45, 7) is -0.0636. The molecule has 1 unspecified atom stereocenters. The zero-order valence-electron chi connectivity index (χ0n) is 11.7. The lowest BCUT2D eigenvalue weighted by Crippen LogP contribution is -2.32. The summed E-state index contributed by atoms with van der Waals surface area (Å²) in [6.07, 6.45) is 2.26. The van der Waals surface area contributed by atoms with Gasteiger partial charge in [0.05, 0.1) is 6.54 Å². The number of nitrogens with two attached hydrogens (primary N) is 1. The molecule has 0 bridgehead atoms. The highest BCUT2D eigenvalue weighted by Crippen LogP contribution is 2.15. The molecule has 2 rings (SSSR count). The molecule has 0 fully saturated rings. The number of nitrogens with zero attached hydrogens (tertiary/aromatic N) is 2. The van der Waals surface area contributed by atoms with E-state index in [1.165, 1.54) is 0 Å². The monoisotopic (exact) mass is 297 g/mol. The van der Waals surface area contributed by atoms with Crippen LogP contribution >= 0.6 is 0 Å². The molecule has 112 valence electrons. The maximum Gasteiger partial charge on any atom is 0.338 e. The standard InChI is InChI=1S/C16H15N3O3/c17-16(21)19(22)11-13-3-1-5-14(9-13)15(20)7-6-12-4-2-8-18-10-12/h1-5,8-10,15,20,22H,11H2,(H2,17,21). The Balaban J connectivity index is 2.12. The Hall–Kier alpha value is -2.88. The number of urea groups is 1. The summed E-state index contributed by atoms with van der Waals surface area (Å²) in [4.78, 5) is 14.7. The Kier molecular flexibility index (Phi) is 5.09. The van der Waals surface area contributed by atoms with E-state index in [1.54, 1.807) is 48.8 Å². The summed E-state index contributed by atoms with van der Waals surface area (Å²) in [5.74, 6) is 5.54. The number of rotatable bonds is 3. The first-order valence-corrected chi connectivity index (χ1v) is 6.50. The van der Waals surface area contributed by atoms with Gasteiger partial charge in [0.2, 0.25) is 0 Å². The largest absolute Gasteiger partial charge is 0.376 e. The summed E-state index contributed by atoms with van der Waals surface area (Å²) in [5, 5.41) is 19.8. The fraction of sp³-hybridized carbons (Fsp3) is 0.125.